The molecule has 3 aromatic rings. The lowest BCUT2D eigenvalue weighted by Gasteiger charge is -2.18. The maximum absolute atomic E-state index is 13.1. The lowest BCUT2D eigenvalue weighted by atomic mass is 9.87. The molecule has 0 saturated heterocycles. The Bertz CT molecular complexity index is 952. The number of carbonyl (C=O) groups is 2. The zero-order valence-corrected chi connectivity index (χ0v) is 18.7. The van der Waals surface area contributed by atoms with Gasteiger partial charge in [0, 0.05) is 0 Å². The molecule has 5 nitrogen and oxygen atoms in total. The fourth-order valence-electron chi connectivity index (χ4n) is 3.50. The van der Waals surface area contributed by atoms with Crippen LogP contribution in [0.25, 0.3) is 0 Å². The molecule has 0 aliphatic carbocycles. The Morgan fingerprint density at radius 2 is 1.28 bits per heavy atom. The van der Waals surface area contributed by atoms with E-state index in [1.807, 2.05) is 74.5 Å². The van der Waals surface area contributed by atoms with E-state index in [2.05, 4.69) is 0 Å². The smallest absolute Gasteiger partial charge is 0.342 e. The van der Waals surface area contributed by atoms with Crippen molar-refractivity contribution in [2.45, 2.75) is 45.4 Å². The molecule has 0 aliphatic rings. The summed E-state index contributed by atoms with van der Waals surface area (Å²) < 4.78 is 16.8. The van der Waals surface area contributed by atoms with Gasteiger partial charge in [0.15, 0.2) is 0 Å². The summed E-state index contributed by atoms with van der Waals surface area (Å²) in [7, 11) is 0. The van der Waals surface area contributed by atoms with Crippen molar-refractivity contribution in [2.24, 2.45) is 0 Å². The standard InChI is InChI=1S/C27H30O5/c1-3-5-17-30-26(28)22-19-32-25(24(22)27(29)31-18-6-4-2)23(20-13-9-7-10-14-20)21-15-11-8-12-16-21/h7-16,19,23H,3-6,17-18H2,1-2H3. The number of furan rings is 1. The second-order valence-corrected chi connectivity index (χ2v) is 7.62. The zero-order chi connectivity index (χ0) is 22.8. The average molecular weight is 435 g/mol. The first-order chi connectivity index (χ1) is 15.7. The highest BCUT2D eigenvalue weighted by atomic mass is 16.5. The van der Waals surface area contributed by atoms with Crippen molar-refractivity contribution in [2.75, 3.05) is 13.2 Å². The number of hydrogen-bond acceptors (Lipinski definition) is 5. The van der Waals surface area contributed by atoms with Crippen LogP contribution in [-0.4, -0.2) is 25.2 Å². The third-order valence-electron chi connectivity index (χ3n) is 5.23. The molecule has 1 aromatic heterocycles. The molecular weight excluding hydrogens is 404 g/mol. The molecule has 1 heterocycles. The van der Waals surface area contributed by atoms with Gasteiger partial charge in [-0.3, -0.25) is 0 Å². The predicted molar refractivity (Wildman–Crippen MR) is 123 cm³/mol. The first-order valence-electron chi connectivity index (χ1n) is 11.2. The molecule has 0 aliphatic heterocycles. The van der Waals surface area contributed by atoms with Crippen LogP contribution in [0.4, 0.5) is 0 Å². The molecule has 3 rings (SSSR count). The Balaban J connectivity index is 2.07. The number of benzene rings is 2. The zero-order valence-electron chi connectivity index (χ0n) is 18.7. The van der Waals surface area contributed by atoms with E-state index in [1.54, 1.807) is 0 Å². The first kappa shape index (κ1) is 23.3. The van der Waals surface area contributed by atoms with Crippen LogP contribution in [0, 0.1) is 0 Å². The van der Waals surface area contributed by atoms with Gasteiger partial charge in [0.2, 0.25) is 0 Å². The van der Waals surface area contributed by atoms with Crippen molar-refractivity contribution in [3.05, 3.63) is 94.9 Å². The van der Waals surface area contributed by atoms with Crippen LogP contribution in [0.2, 0.25) is 0 Å². The van der Waals surface area contributed by atoms with Gasteiger partial charge < -0.3 is 13.9 Å². The normalized spacial score (nSPS) is 10.8. The molecule has 0 spiro atoms. The highest BCUT2D eigenvalue weighted by molar-refractivity contribution is 6.04. The molecule has 168 valence electrons. The second-order valence-electron chi connectivity index (χ2n) is 7.62. The van der Waals surface area contributed by atoms with Crippen molar-refractivity contribution < 1.29 is 23.5 Å². The van der Waals surface area contributed by atoms with Gasteiger partial charge in [0.25, 0.3) is 0 Å². The van der Waals surface area contributed by atoms with E-state index >= 15 is 0 Å². The fourth-order valence-corrected chi connectivity index (χ4v) is 3.50. The lowest BCUT2D eigenvalue weighted by Crippen LogP contribution is -2.16. The number of hydrogen-bond donors (Lipinski definition) is 0. The van der Waals surface area contributed by atoms with Crippen LogP contribution in [0.3, 0.4) is 0 Å². The number of esters is 2. The topological polar surface area (TPSA) is 65.7 Å². The molecule has 32 heavy (non-hydrogen) atoms. The Labute approximate surface area is 189 Å². The highest BCUT2D eigenvalue weighted by Gasteiger charge is 2.33. The third kappa shape index (κ3) is 5.67. The number of carbonyl (C=O) groups excluding carboxylic acids is 2. The van der Waals surface area contributed by atoms with Crippen molar-refractivity contribution in [3.63, 3.8) is 0 Å². The van der Waals surface area contributed by atoms with E-state index < -0.39 is 11.9 Å². The van der Waals surface area contributed by atoms with Gasteiger partial charge in [0.1, 0.15) is 23.2 Å². The molecule has 0 N–H and O–H groups in total. The Hall–Kier alpha value is -3.34. The van der Waals surface area contributed by atoms with Crippen LogP contribution in [0.1, 0.15) is 83.1 Å². The minimum atomic E-state index is -0.573. The van der Waals surface area contributed by atoms with Gasteiger partial charge in [-0.1, -0.05) is 87.4 Å². The van der Waals surface area contributed by atoms with E-state index in [4.69, 9.17) is 13.9 Å². The van der Waals surface area contributed by atoms with E-state index in [9.17, 15) is 9.59 Å². The molecule has 0 saturated carbocycles. The average Bonchev–Trinajstić information content (AvgIpc) is 3.26. The van der Waals surface area contributed by atoms with Crippen molar-refractivity contribution in [1.29, 1.82) is 0 Å². The minimum absolute atomic E-state index is 0.106. The summed E-state index contributed by atoms with van der Waals surface area (Å²) >= 11 is 0. The number of rotatable bonds is 11. The lowest BCUT2D eigenvalue weighted by molar-refractivity contribution is 0.0452. The Morgan fingerprint density at radius 1 is 0.781 bits per heavy atom. The number of ether oxygens (including phenoxy) is 2. The quantitative estimate of drug-likeness (QED) is 0.259. The maximum Gasteiger partial charge on any atom is 0.342 e. The minimum Gasteiger partial charge on any atom is -0.466 e. The van der Waals surface area contributed by atoms with Crippen molar-refractivity contribution in [1.82, 2.24) is 0 Å². The van der Waals surface area contributed by atoms with Gasteiger partial charge in [-0.25, -0.2) is 9.59 Å². The SMILES string of the molecule is CCCCOC(=O)c1coc(C(c2ccccc2)c2ccccc2)c1C(=O)OCCCC. The molecular formula is C27H30O5. The summed E-state index contributed by atoms with van der Waals surface area (Å²) in [4.78, 5) is 25.9. The summed E-state index contributed by atoms with van der Waals surface area (Å²) in [5, 5.41) is 0. The maximum atomic E-state index is 13.1. The summed E-state index contributed by atoms with van der Waals surface area (Å²) in [6.45, 7) is 4.62. The van der Waals surface area contributed by atoms with Crippen molar-refractivity contribution in [3.8, 4) is 0 Å². The van der Waals surface area contributed by atoms with Gasteiger partial charge in [-0.05, 0) is 24.0 Å². The van der Waals surface area contributed by atoms with E-state index in [-0.39, 0.29) is 23.7 Å². The van der Waals surface area contributed by atoms with Crippen molar-refractivity contribution >= 4 is 11.9 Å². The van der Waals surface area contributed by atoms with Crippen LogP contribution in [0.5, 0.6) is 0 Å². The monoisotopic (exact) mass is 434 g/mol. The van der Waals surface area contributed by atoms with Crippen LogP contribution < -0.4 is 0 Å². The second kappa shape index (κ2) is 11.9. The van der Waals surface area contributed by atoms with Gasteiger partial charge in [-0.15, -0.1) is 0 Å². The predicted octanol–water partition coefficient (Wildman–Crippen LogP) is 6.37. The highest BCUT2D eigenvalue weighted by Crippen LogP contribution is 2.36. The first-order valence-corrected chi connectivity index (χ1v) is 11.2. The van der Waals surface area contributed by atoms with E-state index in [0.717, 1.165) is 36.8 Å². The third-order valence-corrected chi connectivity index (χ3v) is 5.23. The molecule has 0 bridgehead atoms. The molecule has 0 radical (unpaired) electrons. The largest absolute Gasteiger partial charge is 0.466 e. The molecule has 2 aromatic carbocycles. The van der Waals surface area contributed by atoms with Gasteiger partial charge in [-0.2, -0.15) is 0 Å². The summed E-state index contributed by atoms with van der Waals surface area (Å²) in [5.74, 6) is -1.13. The molecule has 5 heteroatoms. The van der Waals surface area contributed by atoms with Crippen LogP contribution >= 0.6 is 0 Å². The fraction of sp³-hybridized carbons (Fsp3) is 0.333. The molecule has 0 atom stereocenters. The van der Waals surface area contributed by atoms with Crippen LogP contribution in [0.15, 0.2) is 71.3 Å². The van der Waals surface area contributed by atoms with Gasteiger partial charge >= 0.3 is 11.9 Å². The molecule has 0 unspecified atom stereocenters. The number of unbranched alkanes of at least 4 members (excludes halogenated alkanes) is 2. The van der Waals surface area contributed by atoms with E-state index in [1.165, 1.54) is 6.26 Å². The molecule has 0 amide bonds. The van der Waals surface area contributed by atoms with Crippen LogP contribution in [-0.2, 0) is 9.47 Å². The Morgan fingerprint density at radius 3 is 1.78 bits per heavy atom. The summed E-state index contributed by atoms with van der Waals surface area (Å²) in [5.41, 5.74) is 2.14. The van der Waals surface area contributed by atoms with E-state index in [0.29, 0.717) is 12.4 Å². The van der Waals surface area contributed by atoms with Gasteiger partial charge in [0.05, 0.1) is 19.1 Å². The molecule has 0 fully saturated rings. The summed E-state index contributed by atoms with van der Waals surface area (Å²) in [6, 6.07) is 19.5. The summed E-state index contributed by atoms with van der Waals surface area (Å²) in [6.07, 6.45) is 4.62. The Kier molecular flexibility index (Phi) is 8.67.